The van der Waals surface area contributed by atoms with Gasteiger partial charge in [-0.05, 0) is 49.4 Å². The molecule has 2 saturated heterocycles. The maximum absolute atomic E-state index is 13.2. The molecule has 6 heteroatoms. The van der Waals surface area contributed by atoms with E-state index in [1.54, 1.807) is 0 Å². The molecule has 2 aromatic carbocycles. The molecule has 2 aromatic rings. The van der Waals surface area contributed by atoms with Gasteiger partial charge in [0.2, 0.25) is 5.91 Å². The van der Waals surface area contributed by atoms with Crippen molar-refractivity contribution >= 4 is 27.9 Å². The molecule has 2 amide bonds. The standard InChI is InChI=1S/C25H29BrN2O3/c1-19(20-10-12-22(26)13-11-20)28-18-15-25(31-24(28)30,21-7-3-2-4-8-21)14-6-17-27-16-5-9-23(27)29/h2-4,7-8,10-13,19H,5-6,9,14-18H2,1H3/t19-,25?/m0/s1. The summed E-state index contributed by atoms with van der Waals surface area (Å²) in [6.45, 7) is 4.24. The van der Waals surface area contributed by atoms with Gasteiger partial charge in [0.1, 0.15) is 5.60 Å². The highest BCUT2D eigenvalue weighted by Gasteiger charge is 2.43. The fraction of sp³-hybridized carbons (Fsp3) is 0.440. The second kappa shape index (κ2) is 9.43. The molecule has 0 spiro atoms. The molecule has 2 aliphatic heterocycles. The third kappa shape index (κ3) is 4.79. The van der Waals surface area contributed by atoms with Crippen LogP contribution in [-0.2, 0) is 15.1 Å². The van der Waals surface area contributed by atoms with Gasteiger partial charge in [-0.25, -0.2) is 4.79 Å². The first kappa shape index (κ1) is 21.9. The van der Waals surface area contributed by atoms with Crippen LogP contribution in [0.25, 0.3) is 0 Å². The molecule has 2 aliphatic rings. The lowest BCUT2D eigenvalue weighted by molar-refractivity contribution is -0.128. The van der Waals surface area contributed by atoms with Gasteiger partial charge in [-0.15, -0.1) is 0 Å². The molecule has 0 aliphatic carbocycles. The number of halogens is 1. The fourth-order valence-electron chi connectivity index (χ4n) is 4.70. The molecule has 0 N–H and O–H groups in total. The Labute approximate surface area is 192 Å². The Bertz CT molecular complexity index is 918. The molecule has 0 bridgehead atoms. The van der Waals surface area contributed by atoms with Gasteiger partial charge in [-0.1, -0.05) is 58.4 Å². The highest BCUT2D eigenvalue weighted by molar-refractivity contribution is 9.10. The summed E-state index contributed by atoms with van der Waals surface area (Å²) in [6.07, 6.45) is 3.59. The van der Waals surface area contributed by atoms with Crippen LogP contribution < -0.4 is 0 Å². The summed E-state index contributed by atoms with van der Waals surface area (Å²) in [5.74, 6) is 0.240. The van der Waals surface area contributed by atoms with Crippen LogP contribution in [0.4, 0.5) is 4.79 Å². The predicted molar refractivity (Wildman–Crippen MR) is 124 cm³/mol. The average molecular weight is 485 g/mol. The first-order valence-electron chi connectivity index (χ1n) is 11.1. The van der Waals surface area contributed by atoms with Crippen LogP contribution in [0.5, 0.6) is 0 Å². The lowest BCUT2D eigenvalue weighted by Gasteiger charge is -2.44. The molecule has 0 radical (unpaired) electrons. The normalized spacial score (nSPS) is 22.5. The topological polar surface area (TPSA) is 49.9 Å². The van der Waals surface area contributed by atoms with Gasteiger partial charge in [0.05, 0.1) is 6.04 Å². The summed E-state index contributed by atoms with van der Waals surface area (Å²) < 4.78 is 7.22. The summed E-state index contributed by atoms with van der Waals surface area (Å²) in [6, 6.07) is 18.1. The maximum Gasteiger partial charge on any atom is 0.411 e. The molecular formula is C25H29BrN2O3. The molecular weight excluding hydrogens is 456 g/mol. The Morgan fingerprint density at radius 1 is 1.06 bits per heavy atom. The summed E-state index contributed by atoms with van der Waals surface area (Å²) >= 11 is 3.47. The Kier molecular flexibility index (Phi) is 6.65. The number of ether oxygens (including phenoxy) is 1. The zero-order chi connectivity index (χ0) is 21.8. The van der Waals surface area contributed by atoms with Crippen molar-refractivity contribution in [1.82, 2.24) is 9.80 Å². The average Bonchev–Trinajstić information content (AvgIpc) is 3.19. The quantitative estimate of drug-likeness (QED) is 0.509. The molecule has 2 atom stereocenters. The minimum absolute atomic E-state index is 0.0587. The maximum atomic E-state index is 13.2. The highest BCUT2D eigenvalue weighted by atomic mass is 79.9. The molecule has 5 nitrogen and oxygen atoms in total. The largest absolute Gasteiger partial charge is 0.438 e. The molecule has 2 heterocycles. The van der Waals surface area contributed by atoms with Crippen molar-refractivity contribution in [2.75, 3.05) is 19.6 Å². The summed E-state index contributed by atoms with van der Waals surface area (Å²) in [4.78, 5) is 28.9. The van der Waals surface area contributed by atoms with Crippen LogP contribution in [0.3, 0.4) is 0 Å². The number of cyclic esters (lactones) is 1. The number of nitrogens with zero attached hydrogens (tertiary/aromatic N) is 2. The van der Waals surface area contributed by atoms with Crippen molar-refractivity contribution in [2.24, 2.45) is 0 Å². The van der Waals surface area contributed by atoms with Gasteiger partial charge in [0.15, 0.2) is 0 Å². The predicted octanol–water partition coefficient (Wildman–Crippen LogP) is 5.65. The van der Waals surface area contributed by atoms with Crippen molar-refractivity contribution in [3.8, 4) is 0 Å². The Hall–Kier alpha value is -2.34. The number of hydrogen-bond donors (Lipinski definition) is 0. The van der Waals surface area contributed by atoms with E-state index in [0.717, 1.165) is 48.0 Å². The first-order chi connectivity index (χ1) is 15.0. The fourth-order valence-corrected chi connectivity index (χ4v) is 4.97. The number of amides is 2. The Morgan fingerprint density at radius 2 is 1.81 bits per heavy atom. The SMILES string of the molecule is C[C@@H](c1ccc(Br)cc1)N1CCC(CCCN2CCCC2=O)(c2ccccc2)OC1=O. The van der Waals surface area contributed by atoms with Gasteiger partial charge in [0, 0.05) is 36.9 Å². The molecule has 164 valence electrons. The molecule has 0 saturated carbocycles. The highest BCUT2D eigenvalue weighted by Crippen LogP contribution is 2.40. The number of carbonyl (C=O) groups excluding carboxylic acids is 2. The Morgan fingerprint density at radius 3 is 2.45 bits per heavy atom. The lowest BCUT2D eigenvalue weighted by Crippen LogP contribution is -2.49. The zero-order valence-electron chi connectivity index (χ0n) is 17.9. The first-order valence-corrected chi connectivity index (χ1v) is 11.9. The monoisotopic (exact) mass is 484 g/mol. The van der Waals surface area contributed by atoms with Crippen LogP contribution in [-0.4, -0.2) is 41.4 Å². The minimum Gasteiger partial charge on any atom is -0.438 e. The van der Waals surface area contributed by atoms with Gasteiger partial charge < -0.3 is 14.5 Å². The van der Waals surface area contributed by atoms with E-state index >= 15 is 0 Å². The summed E-state index contributed by atoms with van der Waals surface area (Å²) in [5.41, 5.74) is 1.48. The molecule has 4 rings (SSSR count). The smallest absolute Gasteiger partial charge is 0.411 e. The van der Waals surface area contributed by atoms with E-state index in [1.165, 1.54) is 0 Å². The van der Waals surface area contributed by atoms with E-state index in [-0.39, 0.29) is 18.0 Å². The van der Waals surface area contributed by atoms with Gasteiger partial charge in [-0.3, -0.25) is 4.79 Å². The molecule has 0 aromatic heterocycles. The lowest BCUT2D eigenvalue weighted by atomic mass is 9.84. The Balaban J connectivity index is 1.48. The van der Waals surface area contributed by atoms with Gasteiger partial charge in [-0.2, -0.15) is 0 Å². The second-order valence-electron chi connectivity index (χ2n) is 8.49. The number of benzene rings is 2. The third-order valence-electron chi connectivity index (χ3n) is 6.57. The van der Waals surface area contributed by atoms with Crippen molar-refractivity contribution in [3.05, 3.63) is 70.2 Å². The van der Waals surface area contributed by atoms with E-state index in [1.807, 2.05) is 71.3 Å². The molecule has 31 heavy (non-hydrogen) atoms. The number of likely N-dealkylation sites (tertiary alicyclic amines) is 1. The zero-order valence-corrected chi connectivity index (χ0v) is 19.5. The van der Waals surface area contributed by atoms with Crippen molar-refractivity contribution in [3.63, 3.8) is 0 Å². The van der Waals surface area contributed by atoms with E-state index in [4.69, 9.17) is 4.74 Å². The second-order valence-corrected chi connectivity index (χ2v) is 9.40. The molecule has 1 unspecified atom stereocenters. The van der Waals surface area contributed by atoms with E-state index < -0.39 is 5.60 Å². The summed E-state index contributed by atoms with van der Waals surface area (Å²) in [7, 11) is 0. The number of hydrogen-bond acceptors (Lipinski definition) is 3. The van der Waals surface area contributed by atoms with Crippen LogP contribution in [0.2, 0.25) is 0 Å². The van der Waals surface area contributed by atoms with Crippen molar-refractivity contribution in [1.29, 1.82) is 0 Å². The van der Waals surface area contributed by atoms with Crippen LogP contribution >= 0.6 is 15.9 Å². The number of carbonyl (C=O) groups is 2. The van der Waals surface area contributed by atoms with Crippen LogP contribution in [0.15, 0.2) is 59.1 Å². The van der Waals surface area contributed by atoms with Gasteiger partial charge in [0.25, 0.3) is 0 Å². The van der Waals surface area contributed by atoms with E-state index in [2.05, 4.69) is 15.9 Å². The van der Waals surface area contributed by atoms with Crippen molar-refractivity contribution in [2.45, 2.75) is 50.7 Å². The third-order valence-corrected chi connectivity index (χ3v) is 7.10. The van der Waals surface area contributed by atoms with Crippen LogP contribution in [0.1, 0.15) is 56.2 Å². The number of rotatable bonds is 7. The minimum atomic E-state index is -0.642. The van der Waals surface area contributed by atoms with Crippen LogP contribution in [0, 0.1) is 0 Å². The van der Waals surface area contributed by atoms with E-state index in [0.29, 0.717) is 19.4 Å². The van der Waals surface area contributed by atoms with Gasteiger partial charge >= 0.3 is 6.09 Å². The molecule has 2 fully saturated rings. The van der Waals surface area contributed by atoms with E-state index in [9.17, 15) is 9.59 Å². The summed E-state index contributed by atoms with van der Waals surface area (Å²) in [5, 5.41) is 0. The van der Waals surface area contributed by atoms with Crippen molar-refractivity contribution < 1.29 is 14.3 Å².